The highest BCUT2D eigenvalue weighted by molar-refractivity contribution is 6.04. The first-order valence-corrected chi connectivity index (χ1v) is 6.37. The minimum absolute atomic E-state index is 0.481. The molecule has 1 heterocycles. The molecule has 0 atom stereocenters. The molecule has 1 aromatic carbocycles. The van der Waals surface area contributed by atoms with E-state index >= 15 is 0 Å². The average molecular weight is 256 g/mol. The molecule has 0 saturated carbocycles. The molecule has 2 rings (SSSR count). The van der Waals surface area contributed by atoms with Crippen molar-refractivity contribution in [3.63, 3.8) is 0 Å². The summed E-state index contributed by atoms with van der Waals surface area (Å²) >= 11 is 0. The topological polar surface area (TPSA) is 55.7 Å². The smallest absolute Gasteiger partial charge is 0.132 e. The highest BCUT2D eigenvalue weighted by Crippen LogP contribution is 2.27. The van der Waals surface area contributed by atoms with Gasteiger partial charge < -0.3 is 10.3 Å². The molecule has 0 amide bonds. The van der Waals surface area contributed by atoms with Crippen LogP contribution in [0.15, 0.2) is 34.4 Å². The largest absolute Gasteiger partial charge is 0.383 e. The Morgan fingerprint density at radius 3 is 2.74 bits per heavy atom. The van der Waals surface area contributed by atoms with Gasteiger partial charge in [0.2, 0.25) is 0 Å². The van der Waals surface area contributed by atoms with Crippen LogP contribution in [-0.4, -0.2) is 23.8 Å². The van der Waals surface area contributed by atoms with E-state index in [9.17, 15) is 0 Å². The lowest BCUT2D eigenvalue weighted by Gasteiger charge is -2.04. The van der Waals surface area contributed by atoms with Crippen molar-refractivity contribution in [1.82, 2.24) is 4.57 Å². The minimum atomic E-state index is 0.481. The fourth-order valence-electron chi connectivity index (χ4n) is 2.24. The number of aromatic nitrogens is 1. The molecular formula is C15H20N4. The number of nitrogens with zero attached hydrogens (tertiary/aromatic N) is 3. The number of amidine groups is 1. The summed E-state index contributed by atoms with van der Waals surface area (Å²) in [4.78, 5) is 7.91. The van der Waals surface area contributed by atoms with Gasteiger partial charge in [-0.3, -0.25) is 4.99 Å². The Labute approximate surface area is 113 Å². The third-order valence-corrected chi connectivity index (χ3v) is 3.25. The molecule has 2 N–H and O–H groups in total. The van der Waals surface area contributed by atoms with E-state index in [0.717, 1.165) is 5.56 Å². The second kappa shape index (κ2) is 5.26. The lowest BCUT2D eigenvalue weighted by atomic mass is 10.0. The van der Waals surface area contributed by atoms with Gasteiger partial charge in [0.1, 0.15) is 12.2 Å². The van der Waals surface area contributed by atoms with E-state index < -0.39 is 0 Å². The Balaban J connectivity index is 2.59. The van der Waals surface area contributed by atoms with Gasteiger partial charge in [0, 0.05) is 36.8 Å². The van der Waals surface area contributed by atoms with Gasteiger partial charge in [-0.25, -0.2) is 4.99 Å². The third-order valence-electron chi connectivity index (χ3n) is 3.25. The summed E-state index contributed by atoms with van der Waals surface area (Å²) in [6.45, 7) is 4.39. The van der Waals surface area contributed by atoms with Gasteiger partial charge in [0.15, 0.2) is 0 Å². The molecule has 0 aliphatic carbocycles. The molecule has 0 aliphatic heterocycles. The lowest BCUT2D eigenvalue weighted by molar-refractivity contribution is 0.857. The number of hydrogen-bond acceptors (Lipinski definition) is 1. The number of rotatable bonds is 3. The molecule has 0 radical (unpaired) electrons. The van der Waals surface area contributed by atoms with Gasteiger partial charge in [-0.15, -0.1) is 0 Å². The zero-order valence-corrected chi connectivity index (χ0v) is 11.9. The zero-order valence-electron chi connectivity index (χ0n) is 11.9. The highest BCUT2D eigenvalue weighted by Gasteiger charge is 2.11. The SMILES string of the molecule is CN=CN=C(N)c1ccc2c(c1)c(C(C)C)cn2C. The first-order chi connectivity index (χ1) is 9.04. The summed E-state index contributed by atoms with van der Waals surface area (Å²) in [6.07, 6.45) is 3.65. The van der Waals surface area contributed by atoms with Gasteiger partial charge in [-0.2, -0.15) is 0 Å². The van der Waals surface area contributed by atoms with Crippen molar-refractivity contribution in [3.8, 4) is 0 Å². The highest BCUT2D eigenvalue weighted by atomic mass is 14.9. The molecular weight excluding hydrogens is 236 g/mol. The fourth-order valence-corrected chi connectivity index (χ4v) is 2.24. The van der Waals surface area contributed by atoms with Crippen molar-refractivity contribution in [2.75, 3.05) is 7.05 Å². The van der Waals surface area contributed by atoms with E-state index in [4.69, 9.17) is 5.73 Å². The van der Waals surface area contributed by atoms with Gasteiger partial charge in [0.25, 0.3) is 0 Å². The monoisotopic (exact) mass is 256 g/mol. The van der Waals surface area contributed by atoms with Crippen LogP contribution in [-0.2, 0) is 7.05 Å². The summed E-state index contributed by atoms with van der Waals surface area (Å²) in [6, 6.07) is 6.18. The summed E-state index contributed by atoms with van der Waals surface area (Å²) in [5, 5.41) is 1.24. The predicted molar refractivity (Wildman–Crippen MR) is 82.1 cm³/mol. The standard InChI is InChI=1S/C15H20N4/c1-10(2)13-8-19(4)14-6-5-11(7-12(13)14)15(16)18-9-17-3/h5-10H,1-4H3,(H2,16,17,18). The molecule has 19 heavy (non-hydrogen) atoms. The maximum atomic E-state index is 5.96. The summed E-state index contributed by atoms with van der Waals surface area (Å²) in [7, 11) is 3.74. The molecule has 2 aromatic rings. The zero-order chi connectivity index (χ0) is 14.0. The molecule has 100 valence electrons. The van der Waals surface area contributed by atoms with E-state index in [2.05, 4.69) is 53.8 Å². The van der Waals surface area contributed by atoms with E-state index in [-0.39, 0.29) is 0 Å². The van der Waals surface area contributed by atoms with Gasteiger partial charge in [-0.05, 0) is 29.7 Å². The van der Waals surface area contributed by atoms with Crippen molar-refractivity contribution in [2.45, 2.75) is 19.8 Å². The van der Waals surface area contributed by atoms with E-state index in [1.807, 2.05) is 6.07 Å². The number of benzene rings is 1. The van der Waals surface area contributed by atoms with Gasteiger partial charge in [-0.1, -0.05) is 13.8 Å². The minimum Gasteiger partial charge on any atom is -0.383 e. The maximum absolute atomic E-state index is 5.96. The predicted octanol–water partition coefficient (Wildman–Crippen LogP) is 2.67. The molecule has 4 heteroatoms. The third kappa shape index (κ3) is 2.52. The van der Waals surface area contributed by atoms with Crippen molar-refractivity contribution in [3.05, 3.63) is 35.5 Å². The second-order valence-corrected chi connectivity index (χ2v) is 4.97. The Morgan fingerprint density at radius 1 is 1.37 bits per heavy atom. The summed E-state index contributed by atoms with van der Waals surface area (Å²) < 4.78 is 2.15. The number of aliphatic imine (C=N–C) groups is 2. The number of fused-ring (bicyclic) bond motifs is 1. The summed E-state index contributed by atoms with van der Waals surface area (Å²) in [5.74, 6) is 0.973. The van der Waals surface area contributed by atoms with Crippen LogP contribution in [0.25, 0.3) is 10.9 Å². The molecule has 0 aliphatic rings. The molecule has 0 bridgehead atoms. The van der Waals surface area contributed by atoms with Crippen molar-refractivity contribution >= 4 is 23.1 Å². The van der Waals surface area contributed by atoms with Crippen molar-refractivity contribution in [2.24, 2.45) is 22.8 Å². The number of hydrogen-bond donors (Lipinski definition) is 1. The molecule has 0 saturated heterocycles. The molecule has 0 fully saturated rings. The van der Waals surface area contributed by atoms with Crippen LogP contribution in [0.4, 0.5) is 0 Å². The molecule has 1 aromatic heterocycles. The Morgan fingerprint density at radius 2 is 2.11 bits per heavy atom. The Bertz CT molecular complexity index is 647. The van der Waals surface area contributed by atoms with Crippen LogP contribution in [0, 0.1) is 0 Å². The van der Waals surface area contributed by atoms with Crippen LogP contribution in [0.1, 0.15) is 30.9 Å². The van der Waals surface area contributed by atoms with E-state index in [1.165, 1.54) is 22.8 Å². The normalized spacial score (nSPS) is 13.0. The summed E-state index contributed by atoms with van der Waals surface area (Å²) in [5.41, 5.74) is 9.43. The maximum Gasteiger partial charge on any atom is 0.132 e. The first kappa shape index (κ1) is 13.3. The molecule has 4 nitrogen and oxygen atoms in total. The second-order valence-electron chi connectivity index (χ2n) is 4.97. The van der Waals surface area contributed by atoms with Crippen molar-refractivity contribution < 1.29 is 0 Å². The number of aryl methyl sites for hydroxylation is 1. The molecule has 0 spiro atoms. The van der Waals surface area contributed by atoms with Crippen LogP contribution in [0.5, 0.6) is 0 Å². The molecule has 0 unspecified atom stereocenters. The van der Waals surface area contributed by atoms with Crippen LogP contribution in [0.2, 0.25) is 0 Å². The Kier molecular flexibility index (Phi) is 3.69. The van der Waals surface area contributed by atoms with Gasteiger partial charge in [0.05, 0.1) is 0 Å². The average Bonchev–Trinajstić information content (AvgIpc) is 2.73. The van der Waals surface area contributed by atoms with Crippen LogP contribution in [0.3, 0.4) is 0 Å². The lowest BCUT2D eigenvalue weighted by Crippen LogP contribution is -2.13. The van der Waals surface area contributed by atoms with Crippen LogP contribution >= 0.6 is 0 Å². The van der Waals surface area contributed by atoms with E-state index in [1.54, 1.807) is 7.05 Å². The fraction of sp³-hybridized carbons (Fsp3) is 0.333. The Hall–Kier alpha value is -2.10. The number of nitrogens with two attached hydrogens (primary N) is 1. The quantitative estimate of drug-likeness (QED) is 0.666. The van der Waals surface area contributed by atoms with Crippen molar-refractivity contribution in [1.29, 1.82) is 0 Å². The first-order valence-electron chi connectivity index (χ1n) is 6.37. The van der Waals surface area contributed by atoms with E-state index in [0.29, 0.717) is 11.8 Å². The van der Waals surface area contributed by atoms with Crippen LogP contribution < -0.4 is 5.73 Å². The van der Waals surface area contributed by atoms with Gasteiger partial charge >= 0.3 is 0 Å².